The van der Waals surface area contributed by atoms with Crippen molar-refractivity contribution >= 4 is 18.1 Å². The summed E-state index contributed by atoms with van der Waals surface area (Å²) in [4.78, 5) is 29.9. The Hall–Kier alpha value is -1.79. The lowest BCUT2D eigenvalue weighted by molar-refractivity contribution is -0.147. The van der Waals surface area contributed by atoms with Crippen molar-refractivity contribution in [2.45, 2.75) is 59.2 Å². The van der Waals surface area contributed by atoms with Gasteiger partial charge in [-0.05, 0) is 41.5 Å². The molecule has 0 unspecified atom stereocenters. The molecule has 0 aromatic heterocycles. The second-order valence-electron chi connectivity index (χ2n) is 5.64. The van der Waals surface area contributed by atoms with E-state index in [9.17, 15) is 14.4 Å². The molecule has 0 heterocycles. The summed E-state index contributed by atoms with van der Waals surface area (Å²) in [5.41, 5.74) is -0.968. The highest BCUT2D eigenvalue weighted by atomic mass is 16.7. The summed E-state index contributed by atoms with van der Waals surface area (Å²) >= 11 is 0. The Morgan fingerprint density at radius 2 is 1.05 bits per heavy atom. The fourth-order valence-corrected chi connectivity index (χ4v) is 0.650. The molecular formula is C12H22O7. The van der Waals surface area contributed by atoms with Gasteiger partial charge in [0.05, 0.1) is 0 Å². The fraction of sp³-hybridized carbons (Fsp3) is 0.750. The van der Waals surface area contributed by atoms with Crippen molar-refractivity contribution in [1.29, 1.82) is 0 Å². The standard InChI is InChI=1S/C9H18O3.C3H4O4/c1-8(2,3)11-7(10)12-9(4,5)6;4-2(5)1-3(6)7/h1-6H3;1H2,(H,4,5)(H,6,7). The summed E-state index contributed by atoms with van der Waals surface area (Å²) in [6.07, 6.45) is -1.42. The van der Waals surface area contributed by atoms with Gasteiger partial charge >= 0.3 is 18.1 Å². The average molecular weight is 278 g/mol. The van der Waals surface area contributed by atoms with Crippen molar-refractivity contribution in [2.24, 2.45) is 0 Å². The summed E-state index contributed by atoms with van der Waals surface area (Å²) in [6, 6.07) is 0. The molecule has 2 N–H and O–H groups in total. The lowest BCUT2D eigenvalue weighted by atomic mass is 10.2. The molecule has 19 heavy (non-hydrogen) atoms. The second-order valence-corrected chi connectivity index (χ2v) is 5.64. The van der Waals surface area contributed by atoms with E-state index in [-0.39, 0.29) is 0 Å². The van der Waals surface area contributed by atoms with Gasteiger partial charge in [0.15, 0.2) is 0 Å². The number of carboxylic acid groups (broad SMARTS) is 2. The van der Waals surface area contributed by atoms with Crippen molar-refractivity contribution in [2.75, 3.05) is 0 Å². The lowest BCUT2D eigenvalue weighted by Crippen LogP contribution is -2.30. The Morgan fingerprint density at radius 1 is 0.789 bits per heavy atom. The first-order chi connectivity index (χ1) is 8.23. The minimum atomic E-state index is -1.31. The zero-order chi connectivity index (χ0) is 15.9. The van der Waals surface area contributed by atoms with Crippen molar-refractivity contribution < 1.29 is 34.1 Å². The highest BCUT2D eigenvalue weighted by molar-refractivity contribution is 5.88. The molecular weight excluding hydrogens is 256 g/mol. The molecule has 7 heteroatoms. The monoisotopic (exact) mass is 278 g/mol. The van der Waals surface area contributed by atoms with E-state index in [0.717, 1.165) is 0 Å². The van der Waals surface area contributed by atoms with Crippen molar-refractivity contribution in [1.82, 2.24) is 0 Å². The SMILES string of the molecule is CC(C)(C)OC(=O)OC(C)(C)C.O=C(O)CC(=O)O. The lowest BCUT2D eigenvalue weighted by Gasteiger charge is -2.24. The molecule has 0 aromatic rings. The summed E-state index contributed by atoms with van der Waals surface area (Å²) in [7, 11) is 0. The maximum Gasteiger partial charge on any atom is 0.509 e. The van der Waals surface area contributed by atoms with Crippen molar-refractivity contribution in [3.8, 4) is 0 Å². The molecule has 0 saturated carbocycles. The van der Waals surface area contributed by atoms with Gasteiger partial charge in [0, 0.05) is 0 Å². The van der Waals surface area contributed by atoms with Gasteiger partial charge in [-0.1, -0.05) is 0 Å². The van der Waals surface area contributed by atoms with Gasteiger partial charge in [-0.25, -0.2) is 4.79 Å². The fourth-order valence-electron chi connectivity index (χ4n) is 0.650. The molecule has 0 rings (SSSR count). The van der Waals surface area contributed by atoms with Crippen LogP contribution in [0.2, 0.25) is 0 Å². The number of carbonyl (C=O) groups is 3. The zero-order valence-electron chi connectivity index (χ0n) is 12.1. The van der Waals surface area contributed by atoms with Crippen LogP contribution in [0.15, 0.2) is 0 Å². The largest absolute Gasteiger partial charge is 0.509 e. The number of ether oxygens (including phenoxy) is 2. The van der Waals surface area contributed by atoms with Gasteiger partial charge < -0.3 is 19.7 Å². The van der Waals surface area contributed by atoms with E-state index < -0.39 is 35.7 Å². The third-order valence-electron chi connectivity index (χ3n) is 1.08. The first-order valence-corrected chi connectivity index (χ1v) is 5.58. The molecule has 0 aliphatic heterocycles. The van der Waals surface area contributed by atoms with E-state index in [1.54, 1.807) is 41.5 Å². The van der Waals surface area contributed by atoms with E-state index in [2.05, 4.69) is 0 Å². The number of carboxylic acids is 2. The van der Waals surface area contributed by atoms with E-state index in [4.69, 9.17) is 19.7 Å². The topological polar surface area (TPSA) is 110 Å². The zero-order valence-corrected chi connectivity index (χ0v) is 12.1. The molecule has 0 saturated heterocycles. The maximum atomic E-state index is 11.0. The minimum absolute atomic E-state index is 0.484. The smallest absolute Gasteiger partial charge is 0.481 e. The quantitative estimate of drug-likeness (QED) is 0.588. The Morgan fingerprint density at radius 3 is 1.16 bits per heavy atom. The highest BCUT2D eigenvalue weighted by Gasteiger charge is 2.22. The van der Waals surface area contributed by atoms with Crippen LogP contribution < -0.4 is 0 Å². The molecule has 0 spiro atoms. The van der Waals surface area contributed by atoms with E-state index in [1.165, 1.54) is 0 Å². The first-order valence-electron chi connectivity index (χ1n) is 5.58. The third-order valence-corrected chi connectivity index (χ3v) is 1.08. The Labute approximate surface area is 112 Å². The van der Waals surface area contributed by atoms with Crippen LogP contribution >= 0.6 is 0 Å². The van der Waals surface area contributed by atoms with Crippen LogP contribution in [0.1, 0.15) is 48.0 Å². The number of carbonyl (C=O) groups excluding carboxylic acids is 1. The van der Waals surface area contributed by atoms with Crippen LogP contribution in [-0.2, 0) is 19.1 Å². The molecule has 112 valence electrons. The van der Waals surface area contributed by atoms with Crippen molar-refractivity contribution in [3.05, 3.63) is 0 Å². The van der Waals surface area contributed by atoms with Gasteiger partial charge in [-0.3, -0.25) is 9.59 Å². The molecule has 0 atom stereocenters. The van der Waals surface area contributed by atoms with Crippen LogP contribution in [0.4, 0.5) is 4.79 Å². The van der Waals surface area contributed by atoms with Gasteiger partial charge in [0.2, 0.25) is 0 Å². The third kappa shape index (κ3) is 22.0. The van der Waals surface area contributed by atoms with Crippen LogP contribution in [0.25, 0.3) is 0 Å². The Bertz CT molecular complexity index is 290. The van der Waals surface area contributed by atoms with Crippen LogP contribution in [0.3, 0.4) is 0 Å². The number of rotatable bonds is 2. The maximum absolute atomic E-state index is 11.0. The highest BCUT2D eigenvalue weighted by Crippen LogP contribution is 2.13. The molecule has 0 aliphatic carbocycles. The van der Waals surface area contributed by atoms with Crippen molar-refractivity contribution in [3.63, 3.8) is 0 Å². The number of aliphatic carboxylic acids is 2. The first kappa shape index (κ1) is 19.5. The minimum Gasteiger partial charge on any atom is -0.481 e. The summed E-state index contributed by atoms with van der Waals surface area (Å²) < 4.78 is 9.91. The van der Waals surface area contributed by atoms with E-state index in [1.807, 2.05) is 0 Å². The Kier molecular flexibility index (Phi) is 7.82. The molecule has 0 amide bonds. The number of hydrogen-bond acceptors (Lipinski definition) is 5. The second kappa shape index (κ2) is 7.60. The van der Waals surface area contributed by atoms with Gasteiger partial charge in [-0.2, -0.15) is 0 Å². The van der Waals surface area contributed by atoms with Gasteiger partial charge in [0.25, 0.3) is 0 Å². The normalized spacial score (nSPS) is 10.8. The summed E-state index contributed by atoms with van der Waals surface area (Å²) in [6.45, 7) is 10.8. The average Bonchev–Trinajstić information content (AvgIpc) is 1.91. The molecule has 7 nitrogen and oxygen atoms in total. The Balaban J connectivity index is 0. The molecule has 0 bridgehead atoms. The summed E-state index contributed by atoms with van der Waals surface area (Å²) in [5, 5.41) is 15.4. The van der Waals surface area contributed by atoms with Gasteiger partial charge in [-0.15, -0.1) is 0 Å². The predicted octanol–water partition coefficient (Wildman–Crippen LogP) is 2.28. The summed E-state index contributed by atoms with van der Waals surface area (Å²) in [5.74, 6) is -2.62. The van der Waals surface area contributed by atoms with Gasteiger partial charge in [0.1, 0.15) is 17.6 Å². The van der Waals surface area contributed by atoms with Crippen LogP contribution in [-0.4, -0.2) is 39.5 Å². The molecule has 0 aliphatic rings. The van der Waals surface area contributed by atoms with Crippen LogP contribution in [0, 0.1) is 0 Å². The molecule has 0 radical (unpaired) electrons. The van der Waals surface area contributed by atoms with Crippen LogP contribution in [0.5, 0.6) is 0 Å². The predicted molar refractivity (Wildman–Crippen MR) is 67.0 cm³/mol. The van der Waals surface area contributed by atoms with E-state index >= 15 is 0 Å². The molecule has 0 fully saturated rings. The van der Waals surface area contributed by atoms with E-state index in [0.29, 0.717) is 0 Å². The number of hydrogen-bond donors (Lipinski definition) is 2. The molecule has 0 aromatic carbocycles.